The third kappa shape index (κ3) is 6.14. The Kier molecular flexibility index (Phi) is 7.13. The lowest BCUT2D eigenvalue weighted by atomic mass is 9.85. The number of halogens is 1. The first-order valence-electron chi connectivity index (χ1n) is 9.10. The summed E-state index contributed by atoms with van der Waals surface area (Å²) in [5.41, 5.74) is 2.92. The number of aliphatic imine (C=N–C) groups is 1. The largest absolute Gasteiger partial charge is 0.357 e. The Balaban J connectivity index is 1.95. The lowest BCUT2D eigenvalue weighted by Crippen LogP contribution is -2.39. The van der Waals surface area contributed by atoms with Gasteiger partial charge in [-0.05, 0) is 49.6 Å². The predicted molar refractivity (Wildman–Crippen MR) is 106 cm³/mol. The average Bonchev–Trinajstić information content (AvgIpc) is 2.61. The van der Waals surface area contributed by atoms with Crippen LogP contribution in [0, 0.1) is 12.7 Å². The van der Waals surface area contributed by atoms with E-state index in [4.69, 9.17) is 4.99 Å². The lowest BCUT2D eigenvalue weighted by molar-refractivity contribution is 0.529. The molecule has 0 spiro atoms. The van der Waals surface area contributed by atoms with Crippen molar-refractivity contribution in [2.45, 2.75) is 39.5 Å². The van der Waals surface area contributed by atoms with Crippen LogP contribution < -0.4 is 10.6 Å². The molecule has 0 aliphatic carbocycles. The second kappa shape index (κ2) is 9.32. The molecule has 26 heavy (non-hydrogen) atoms. The van der Waals surface area contributed by atoms with Gasteiger partial charge in [-0.3, -0.25) is 9.98 Å². The molecule has 0 saturated carbocycles. The minimum absolute atomic E-state index is 0.212. The standard InChI is InChI=1S/C21H29FN4/c1-5-23-20(24-12-11-17-10-9-16(2)25-14-17)26-15-21(3,4)18-7-6-8-19(22)13-18/h6-10,13-14H,5,11-12,15H2,1-4H3,(H2,23,24,26). The van der Waals surface area contributed by atoms with Crippen LogP contribution in [0.15, 0.2) is 47.6 Å². The Morgan fingerprint density at radius 3 is 2.65 bits per heavy atom. The topological polar surface area (TPSA) is 49.3 Å². The fourth-order valence-corrected chi connectivity index (χ4v) is 2.59. The summed E-state index contributed by atoms with van der Waals surface area (Å²) in [4.78, 5) is 9.01. The van der Waals surface area contributed by atoms with Gasteiger partial charge in [0.15, 0.2) is 5.96 Å². The van der Waals surface area contributed by atoms with Crippen molar-refractivity contribution in [1.82, 2.24) is 15.6 Å². The van der Waals surface area contributed by atoms with E-state index in [0.717, 1.165) is 36.7 Å². The molecule has 0 bridgehead atoms. The van der Waals surface area contributed by atoms with Crippen LogP contribution in [0.3, 0.4) is 0 Å². The molecule has 2 rings (SSSR count). The van der Waals surface area contributed by atoms with Crippen molar-refractivity contribution in [1.29, 1.82) is 0 Å². The minimum atomic E-state index is -0.245. The molecule has 0 fully saturated rings. The maximum atomic E-state index is 13.5. The molecule has 140 valence electrons. The SMILES string of the molecule is CCNC(=NCC(C)(C)c1cccc(F)c1)NCCc1ccc(C)nc1. The number of rotatable bonds is 7. The highest BCUT2D eigenvalue weighted by Crippen LogP contribution is 2.24. The predicted octanol–water partition coefficient (Wildman–Crippen LogP) is 3.60. The van der Waals surface area contributed by atoms with E-state index in [1.165, 1.54) is 11.6 Å². The van der Waals surface area contributed by atoms with Gasteiger partial charge < -0.3 is 10.6 Å². The molecular formula is C21H29FN4. The highest BCUT2D eigenvalue weighted by atomic mass is 19.1. The van der Waals surface area contributed by atoms with E-state index in [9.17, 15) is 4.39 Å². The van der Waals surface area contributed by atoms with Gasteiger partial charge in [-0.15, -0.1) is 0 Å². The van der Waals surface area contributed by atoms with Crippen molar-refractivity contribution < 1.29 is 4.39 Å². The van der Waals surface area contributed by atoms with Crippen LogP contribution in [-0.4, -0.2) is 30.6 Å². The van der Waals surface area contributed by atoms with E-state index in [1.54, 1.807) is 12.1 Å². The van der Waals surface area contributed by atoms with Gasteiger partial charge in [0.25, 0.3) is 0 Å². The number of aromatic nitrogens is 1. The number of aryl methyl sites for hydroxylation is 1. The normalized spacial score (nSPS) is 12.1. The minimum Gasteiger partial charge on any atom is -0.357 e. The monoisotopic (exact) mass is 356 g/mol. The average molecular weight is 356 g/mol. The van der Waals surface area contributed by atoms with Crippen molar-refractivity contribution >= 4 is 5.96 Å². The van der Waals surface area contributed by atoms with Crippen LogP contribution in [-0.2, 0) is 11.8 Å². The summed E-state index contributed by atoms with van der Waals surface area (Å²) >= 11 is 0. The molecule has 1 aromatic heterocycles. The van der Waals surface area contributed by atoms with Crippen LogP contribution >= 0.6 is 0 Å². The van der Waals surface area contributed by atoms with Crippen LogP contribution in [0.25, 0.3) is 0 Å². The van der Waals surface area contributed by atoms with E-state index in [2.05, 4.69) is 35.5 Å². The molecule has 4 nitrogen and oxygen atoms in total. The Hall–Kier alpha value is -2.43. The van der Waals surface area contributed by atoms with Gasteiger partial charge in [-0.1, -0.05) is 32.0 Å². The molecule has 1 aromatic carbocycles. The van der Waals surface area contributed by atoms with Gasteiger partial charge >= 0.3 is 0 Å². The van der Waals surface area contributed by atoms with Crippen molar-refractivity contribution in [2.75, 3.05) is 19.6 Å². The summed E-state index contributed by atoms with van der Waals surface area (Å²) in [5.74, 6) is 0.563. The van der Waals surface area contributed by atoms with Crippen LogP contribution in [0.5, 0.6) is 0 Å². The van der Waals surface area contributed by atoms with Crippen LogP contribution in [0.1, 0.15) is 37.6 Å². The second-order valence-corrected chi connectivity index (χ2v) is 7.07. The molecule has 2 aromatic rings. The van der Waals surface area contributed by atoms with Crippen LogP contribution in [0.2, 0.25) is 0 Å². The first-order chi connectivity index (χ1) is 12.4. The fraction of sp³-hybridized carbons (Fsp3) is 0.429. The number of benzene rings is 1. The van der Waals surface area contributed by atoms with Gasteiger partial charge in [-0.2, -0.15) is 0 Å². The molecule has 0 atom stereocenters. The van der Waals surface area contributed by atoms with Crippen molar-refractivity contribution in [3.05, 3.63) is 65.2 Å². The van der Waals surface area contributed by atoms with Gasteiger partial charge in [0.2, 0.25) is 0 Å². The Morgan fingerprint density at radius 2 is 2.00 bits per heavy atom. The molecule has 0 radical (unpaired) electrons. The Labute approximate surface area is 156 Å². The maximum absolute atomic E-state index is 13.5. The molecule has 0 amide bonds. The first kappa shape index (κ1) is 19.9. The zero-order valence-electron chi connectivity index (χ0n) is 16.1. The van der Waals surface area contributed by atoms with Crippen LogP contribution in [0.4, 0.5) is 4.39 Å². The second-order valence-electron chi connectivity index (χ2n) is 7.07. The van der Waals surface area contributed by atoms with Gasteiger partial charge in [0, 0.05) is 30.4 Å². The Morgan fingerprint density at radius 1 is 1.19 bits per heavy atom. The molecule has 1 heterocycles. The number of hydrogen-bond donors (Lipinski definition) is 2. The third-order valence-electron chi connectivity index (χ3n) is 4.26. The molecule has 0 saturated heterocycles. The molecule has 0 aliphatic rings. The summed E-state index contributed by atoms with van der Waals surface area (Å²) in [7, 11) is 0. The van der Waals surface area contributed by atoms with Crippen molar-refractivity contribution in [2.24, 2.45) is 4.99 Å². The molecule has 2 N–H and O–H groups in total. The highest BCUT2D eigenvalue weighted by molar-refractivity contribution is 5.79. The summed E-state index contributed by atoms with van der Waals surface area (Å²) in [5, 5.41) is 6.62. The Bertz CT molecular complexity index is 723. The van der Waals surface area contributed by atoms with E-state index in [1.807, 2.05) is 32.2 Å². The number of nitrogens with zero attached hydrogens (tertiary/aromatic N) is 2. The highest BCUT2D eigenvalue weighted by Gasteiger charge is 2.21. The van der Waals surface area contributed by atoms with Gasteiger partial charge in [-0.25, -0.2) is 4.39 Å². The molecule has 5 heteroatoms. The number of pyridine rings is 1. The molecule has 0 aliphatic heterocycles. The van der Waals surface area contributed by atoms with Crippen molar-refractivity contribution in [3.63, 3.8) is 0 Å². The summed E-state index contributed by atoms with van der Waals surface area (Å²) < 4.78 is 13.5. The quantitative estimate of drug-likeness (QED) is 0.589. The molecular weight excluding hydrogens is 327 g/mol. The fourth-order valence-electron chi connectivity index (χ4n) is 2.59. The van der Waals surface area contributed by atoms with Gasteiger partial charge in [0.05, 0.1) is 6.54 Å². The summed E-state index contributed by atoms with van der Waals surface area (Å²) in [6.45, 7) is 10.3. The zero-order valence-corrected chi connectivity index (χ0v) is 16.1. The first-order valence-corrected chi connectivity index (χ1v) is 9.10. The third-order valence-corrected chi connectivity index (χ3v) is 4.26. The zero-order chi connectivity index (χ0) is 19.0. The maximum Gasteiger partial charge on any atom is 0.191 e. The van der Waals surface area contributed by atoms with E-state index in [-0.39, 0.29) is 11.2 Å². The van der Waals surface area contributed by atoms with E-state index in [0.29, 0.717) is 6.54 Å². The lowest BCUT2D eigenvalue weighted by Gasteiger charge is -2.24. The van der Waals surface area contributed by atoms with E-state index >= 15 is 0 Å². The number of hydrogen-bond acceptors (Lipinski definition) is 2. The van der Waals surface area contributed by atoms with E-state index < -0.39 is 0 Å². The summed E-state index contributed by atoms with van der Waals surface area (Å²) in [6.07, 6.45) is 2.79. The summed E-state index contributed by atoms with van der Waals surface area (Å²) in [6, 6.07) is 10.9. The smallest absolute Gasteiger partial charge is 0.191 e. The van der Waals surface area contributed by atoms with Gasteiger partial charge in [0.1, 0.15) is 5.82 Å². The number of nitrogens with one attached hydrogen (secondary N) is 2. The number of guanidine groups is 1. The van der Waals surface area contributed by atoms with Crippen molar-refractivity contribution in [3.8, 4) is 0 Å². The molecule has 0 unspecified atom stereocenters.